The summed E-state index contributed by atoms with van der Waals surface area (Å²) in [5.74, 6) is 1.11. The predicted octanol–water partition coefficient (Wildman–Crippen LogP) is 3.34. The highest BCUT2D eigenvalue weighted by atomic mass is 35.5. The molecule has 0 spiro atoms. The fourth-order valence-electron chi connectivity index (χ4n) is 2.13. The number of phenolic OH excluding ortho intramolecular Hbond substituents is 1. The first-order chi connectivity index (χ1) is 10.1. The van der Waals surface area contributed by atoms with E-state index in [-0.39, 0.29) is 5.75 Å². The summed E-state index contributed by atoms with van der Waals surface area (Å²) >= 11 is 6.27. The summed E-state index contributed by atoms with van der Waals surface area (Å²) in [5.41, 5.74) is 1.47. The fraction of sp³-hybridized carbons (Fsp3) is 0.250. The Hall–Kier alpha value is -1.91. The highest BCUT2D eigenvalue weighted by Crippen LogP contribution is 2.40. The summed E-state index contributed by atoms with van der Waals surface area (Å²) in [7, 11) is 3.03. The molecule has 2 rings (SSSR count). The van der Waals surface area contributed by atoms with Gasteiger partial charge in [0.15, 0.2) is 11.5 Å². The summed E-state index contributed by atoms with van der Waals surface area (Å²) in [6, 6.07) is 10.1. The van der Waals surface area contributed by atoms with E-state index in [0.29, 0.717) is 28.5 Å². The van der Waals surface area contributed by atoms with Crippen LogP contribution in [0.5, 0.6) is 17.2 Å². The summed E-state index contributed by atoms with van der Waals surface area (Å²) in [6.45, 7) is 0. The van der Waals surface area contributed by atoms with E-state index in [0.717, 1.165) is 5.56 Å². The van der Waals surface area contributed by atoms with Crippen molar-refractivity contribution in [2.45, 2.75) is 12.5 Å². The van der Waals surface area contributed by atoms with Crippen molar-refractivity contribution in [3.05, 3.63) is 52.5 Å². The van der Waals surface area contributed by atoms with Gasteiger partial charge < -0.3 is 19.7 Å². The number of aliphatic hydroxyl groups is 1. The Morgan fingerprint density at radius 2 is 1.71 bits per heavy atom. The number of hydrogen-bond donors (Lipinski definition) is 2. The van der Waals surface area contributed by atoms with E-state index < -0.39 is 6.10 Å². The number of halogens is 1. The number of rotatable bonds is 5. The van der Waals surface area contributed by atoms with Crippen LogP contribution in [0.3, 0.4) is 0 Å². The lowest BCUT2D eigenvalue weighted by atomic mass is 10.0. The van der Waals surface area contributed by atoms with Crippen molar-refractivity contribution in [3.63, 3.8) is 0 Å². The van der Waals surface area contributed by atoms with Gasteiger partial charge in [-0.3, -0.25) is 0 Å². The van der Waals surface area contributed by atoms with Crippen LogP contribution in [-0.2, 0) is 6.42 Å². The van der Waals surface area contributed by atoms with Gasteiger partial charge in [0.25, 0.3) is 0 Å². The van der Waals surface area contributed by atoms with Gasteiger partial charge in [-0.15, -0.1) is 0 Å². The van der Waals surface area contributed by atoms with E-state index in [1.165, 1.54) is 14.2 Å². The number of hydrogen-bond acceptors (Lipinski definition) is 4. The molecule has 2 N–H and O–H groups in total. The predicted molar refractivity (Wildman–Crippen MR) is 81.3 cm³/mol. The van der Waals surface area contributed by atoms with Crippen LogP contribution >= 0.6 is 11.6 Å². The Kier molecular flexibility index (Phi) is 4.94. The summed E-state index contributed by atoms with van der Waals surface area (Å²) < 4.78 is 10.4. The van der Waals surface area contributed by atoms with Crippen molar-refractivity contribution in [2.24, 2.45) is 0 Å². The van der Waals surface area contributed by atoms with E-state index in [1.54, 1.807) is 36.4 Å². The number of aromatic hydroxyl groups is 1. The van der Waals surface area contributed by atoms with E-state index in [2.05, 4.69) is 0 Å². The Morgan fingerprint density at radius 1 is 1.05 bits per heavy atom. The normalized spacial score (nSPS) is 12.0. The first-order valence-electron chi connectivity index (χ1n) is 6.43. The van der Waals surface area contributed by atoms with Gasteiger partial charge in [0.05, 0.1) is 25.3 Å². The number of phenols is 1. The molecule has 112 valence electrons. The fourth-order valence-corrected chi connectivity index (χ4v) is 2.49. The standard InChI is InChI=1S/C16H17ClO4/c1-20-14-8-7-12(15(17)16(14)21-2)13(19)9-10-3-5-11(18)6-4-10/h3-8,13,18-19H,9H2,1-2H3. The van der Waals surface area contributed by atoms with Crippen LogP contribution in [0.25, 0.3) is 0 Å². The molecular formula is C16H17ClO4. The topological polar surface area (TPSA) is 58.9 Å². The Balaban J connectivity index is 2.26. The van der Waals surface area contributed by atoms with Gasteiger partial charge in [-0.2, -0.15) is 0 Å². The lowest BCUT2D eigenvalue weighted by molar-refractivity contribution is 0.178. The minimum absolute atomic E-state index is 0.192. The van der Waals surface area contributed by atoms with Crippen LogP contribution in [0.15, 0.2) is 36.4 Å². The molecule has 0 aliphatic heterocycles. The molecule has 2 aromatic carbocycles. The molecular weight excluding hydrogens is 292 g/mol. The first-order valence-corrected chi connectivity index (χ1v) is 6.81. The lowest BCUT2D eigenvalue weighted by Crippen LogP contribution is -2.04. The minimum Gasteiger partial charge on any atom is -0.508 e. The van der Waals surface area contributed by atoms with Crippen LogP contribution in [0.4, 0.5) is 0 Å². The van der Waals surface area contributed by atoms with Crippen molar-refractivity contribution in [3.8, 4) is 17.2 Å². The van der Waals surface area contributed by atoms with E-state index in [9.17, 15) is 10.2 Å². The molecule has 0 aliphatic carbocycles. The zero-order valence-electron chi connectivity index (χ0n) is 11.8. The zero-order valence-corrected chi connectivity index (χ0v) is 12.6. The molecule has 0 radical (unpaired) electrons. The molecule has 4 nitrogen and oxygen atoms in total. The molecule has 2 aromatic rings. The zero-order chi connectivity index (χ0) is 15.4. The molecule has 0 fully saturated rings. The van der Waals surface area contributed by atoms with Crippen LogP contribution < -0.4 is 9.47 Å². The smallest absolute Gasteiger partial charge is 0.179 e. The van der Waals surface area contributed by atoms with E-state index >= 15 is 0 Å². The molecule has 0 saturated carbocycles. The highest BCUT2D eigenvalue weighted by molar-refractivity contribution is 6.33. The Labute approximate surface area is 128 Å². The second-order valence-electron chi connectivity index (χ2n) is 4.59. The van der Waals surface area contributed by atoms with Gasteiger partial charge in [0.2, 0.25) is 0 Å². The molecule has 5 heteroatoms. The molecule has 1 atom stereocenters. The van der Waals surface area contributed by atoms with Crippen molar-refractivity contribution in [2.75, 3.05) is 14.2 Å². The Bertz CT molecular complexity index is 610. The summed E-state index contributed by atoms with van der Waals surface area (Å²) in [6.07, 6.45) is -0.392. The molecule has 0 aliphatic rings. The Morgan fingerprint density at radius 3 is 2.29 bits per heavy atom. The van der Waals surface area contributed by atoms with Gasteiger partial charge in [0.1, 0.15) is 5.75 Å². The average molecular weight is 309 g/mol. The highest BCUT2D eigenvalue weighted by Gasteiger charge is 2.18. The van der Waals surface area contributed by atoms with Gasteiger partial charge in [-0.05, 0) is 23.8 Å². The van der Waals surface area contributed by atoms with Gasteiger partial charge in [-0.25, -0.2) is 0 Å². The molecule has 21 heavy (non-hydrogen) atoms. The third kappa shape index (κ3) is 3.40. The molecule has 0 amide bonds. The van der Waals surface area contributed by atoms with Crippen LogP contribution in [-0.4, -0.2) is 24.4 Å². The quantitative estimate of drug-likeness (QED) is 0.889. The average Bonchev–Trinajstić information content (AvgIpc) is 2.49. The molecule has 0 aromatic heterocycles. The third-order valence-electron chi connectivity index (χ3n) is 3.24. The second kappa shape index (κ2) is 6.70. The van der Waals surface area contributed by atoms with Crippen LogP contribution in [0, 0.1) is 0 Å². The third-order valence-corrected chi connectivity index (χ3v) is 3.63. The van der Waals surface area contributed by atoms with E-state index in [1.807, 2.05) is 0 Å². The molecule has 1 unspecified atom stereocenters. The van der Waals surface area contributed by atoms with Crippen molar-refractivity contribution >= 4 is 11.6 Å². The van der Waals surface area contributed by atoms with Crippen LogP contribution in [0.2, 0.25) is 5.02 Å². The lowest BCUT2D eigenvalue weighted by Gasteiger charge is -2.17. The SMILES string of the molecule is COc1ccc(C(O)Cc2ccc(O)cc2)c(Cl)c1OC. The van der Waals surface area contributed by atoms with Gasteiger partial charge in [-0.1, -0.05) is 29.8 Å². The maximum absolute atomic E-state index is 10.4. The molecule has 0 heterocycles. The minimum atomic E-state index is -0.776. The second-order valence-corrected chi connectivity index (χ2v) is 4.97. The van der Waals surface area contributed by atoms with Gasteiger partial charge in [0, 0.05) is 12.0 Å². The summed E-state index contributed by atoms with van der Waals surface area (Å²) in [4.78, 5) is 0. The van der Waals surface area contributed by atoms with Crippen molar-refractivity contribution in [1.82, 2.24) is 0 Å². The largest absolute Gasteiger partial charge is 0.508 e. The maximum Gasteiger partial charge on any atom is 0.179 e. The first kappa shape index (κ1) is 15.5. The maximum atomic E-state index is 10.4. The number of methoxy groups -OCH3 is 2. The number of aliphatic hydroxyl groups excluding tert-OH is 1. The van der Waals surface area contributed by atoms with Crippen molar-refractivity contribution < 1.29 is 19.7 Å². The monoisotopic (exact) mass is 308 g/mol. The van der Waals surface area contributed by atoms with Gasteiger partial charge >= 0.3 is 0 Å². The summed E-state index contributed by atoms with van der Waals surface area (Å²) in [5, 5.41) is 20.0. The van der Waals surface area contributed by atoms with Crippen molar-refractivity contribution in [1.29, 1.82) is 0 Å². The number of ether oxygens (including phenoxy) is 2. The van der Waals surface area contributed by atoms with Crippen LogP contribution in [0.1, 0.15) is 17.2 Å². The number of benzene rings is 2. The molecule has 0 saturated heterocycles. The van der Waals surface area contributed by atoms with E-state index in [4.69, 9.17) is 21.1 Å². The molecule has 0 bridgehead atoms.